The van der Waals surface area contributed by atoms with Crippen LogP contribution in [-0.2, 0) is 0 Å². The molecule has 8 heteroatoms. The van der Waals surface area contributed by atoms with Gasteiger partial charge in [-0.3, -0.25) is 4.79 Å². The van der Waals surface area contributed by atoms with Crippen LogP contribution in [0, 0.1) is 11.2 Å². The van der Waals surface area contributed by atoms with Crippen LogP contribution in [0.1, 0.15) is 37.0 Å². The minimum atomic E-state index is -0.483. The molecule has 2 aliphatic heterocycles. The first-order chi connectivity index (χ1) is 14.4. The van der Waals surface area contributed by atoms with Crippen LogP contribution in [0.3, 0.4) is 0 Å². The van der Waals surface area contributed by atoms with Gasteiger partial charge in [0.1, 0.15) is 17.9 Å². The van der Waals surface area contributed by atoms with Gasteiger partial charge in [-0.15, -0.1) is 0 Å². The monoisotopic (exact) mass is 413 g/mol. The summed E-state index contributed by atoms with van der Waals surface area (Å²) in [6, 6.07) is 3.97. The lowest BCUT2D eigenvalue weighted by Gasteiger charge is -2.53. The number of carbonyl (C=O) groups is 1. The van der Waals surface area contributed by atoms with Gasteiger partial charge in [-0.05, 0) is 58.0 Å². The van der Waals surface area contributed by atoms with Gasteiger partial charge in [0.2, 0.25) is 0 Å². The number of benzene rings is 1. The Kier molecular flexibility index (Phi) is 5.60. The number of rotatable bonds is 5. The van der Waals surface area contributed by atoms with E-state index >= 15 is 0 Å². The average molecular weight is 413 g/mol. The molecule has 0 saturated carbocycles. The summed E-state index contributed by atoms with van der Waals surface area (Å²) in [5.41, 5.74) is 0.518. The summed E-state index contributed by atoms with van der Waals surface area (Å²) < 4.78 is 20.0. The Morgan fingerprint density at radius 2 is 2.00 bits per heavy atom. The van der Waals surface area contributed by atoms with E-state index in [1.807, 2.05) is 13.8 Å². The summed E-state index contributed by atoms with van der Waals surface area (Å²) in [5.74, 6) is 0.684. The highest BCUT2D eigenvalue weighted by molar-refractivity contribution is 5.97. The number of nitrogens with zero attached hydrogens (tertiary/aromatic N) is 4. The molecule has 2 aliphatic rings. The van der Waals surface area contributed by atoms with Crippen molar-refractivity contribution in [2.75, 3.05) is 38.1 Å². The fourth-order valence-corrected chi connectivity index (χ4v) is 4.11. The van der Waals surface area contributed by atoms with E-state index in [1.54, 1.807) is 18.1 Å². The fraction of sp³-hybridized carbons (Fsp3) is 0.500. The number of hydrogen-bond acceptors (Lipinski definition) is 6. The molecule has 0 bridgehead atoms. The van der Waals surface area contributed by atoms with Gasteiger partial charge < -0.3 is 19.9 Å². The number of aromatic nitrogens is 2. The van der Waals surface area contributed by atoms with Crippen LogP contribution in [0.4, 0.5) is 10.2 Å². The second kappa shape index (κ2) is 8.18. The molecule has 2 saturated heterocycles. The van der Waals surface area contributed by atoms with Gasteiger partial charge in [0.15, 0.2) is 11.6 Å². The quantitative estimate of drug-likeness (QED) is 0.812. The molecule has 3 heterocycles. The minimum absolute atomic E-state index is 0.0218. The van der Waals surface area contributed by atoms with Crippen LogP contribution in [0.25, 0.3) is 0 Å². The second-order valence-electron chi connectivity index (χ2n) is 8.57. The van der Waals surface area contributed by atoms with E-state index in [9.17, 15) is 9.18 Å². The Morgan fingerprint density at radius 1 is 1.27 bits per heavy atom. The minimum Gasteiger partial charge on any atom is -0.451 e. The largest absolute Gasteiger partial charge is 0.451 e. The summed E-state index contributed by atoms with van der Waals surface area (Å²) in [7, 11) is 1.69. The summed E-state index contributed by atoms with van der Waals surface area (Å²) >= 11 is 0. The third kappa shape index (κ3) is 3.96. The Morgan fingerprint density at radius 3 is 2.70 bits per heavy atom. The van der Waals surface area contributed by atoms with Crippen LogP contribution in [0.15, 0.2) is 30.7 Å². The highest BCUT2D eigenvalue weighted by Gasteiger charge is 2.44. The SMILES string of the molecule is CC(C)N(C)C(=O)c1cc(F)ccc1Oc1cncnc1N1CC2(CCNCC2)C1. The number of amides is 1. The van der Waals surface area contributed by atoms with Crippen LogP contribution in [0.5, 0.6) is 11.5 Å². The molecular weight excluding hydrogens is 385 g/mol. The van der Waals surface area contributed by atoms with Crippen molar-refractivity contribution < 1.29 is 13.9 Å². The van der Waals surface area contributed by atoms with Crippen LogP contribution in [-0.4, -0.2) is 60.0 Å². The summed E-state index contributed by atoms with van der Waals surface area (Å²) in [6.07, 6.45) is 5.41. The number of carbonyl (C=O) groups excluding carboxylic acids is 1. The van der Waals surface area contributed by atoms with Gasteiger partial charge in [0.25, 0.3) is 5.91 Å². The molecule has 0 aliphatic carbocycles. The first kappa shape index (κ1) is 20.5. The maximum atomic E-state index is 13.9. The number of nitrogens with one attached hydrogen (secondary N) is 1. The molecule has 2 fully saturated rings. The molecule has 4 rings (SSSR count). The molecular formula is C22H28FN5O2. The van der Waals surface area contributed by atoms with Crippen molar-refractivity contribution in [1.82, 2.24) is 20.2 Å². The fourth-order valence-electron chi connectivity index (χ4n) is 4.11. The lowest BCUT2D eigenvalue weighted by atomic mass is 9.72. The van der Waals surface area contributed by atoms with Crippen molar-refractivity contribution in [2.45, 2.75) is 32.7 Å². The summed E-state index contributed by atoms with van der Waals surface area (Å²) in [5, 5.41) is 3.41. The Balaban J connectivity index is 1.58. The van der Waals surface area contributed by atoms with Gasteiger partial charge >= 0.3 is 0 Å². The molecule has 1 spiro atoms. The number of piperidine rings is 1. The molecule has 1 amide bonds. The van der Waals surface area contributed by atoms with Crippen molar-refractivity contribution in [3.05, 3.63) is 42.1 Å². The Labute approximate surface area is 176 Å². The van der Waals surface area contributed by atoms with Gasteiger partial charge in [-0.2, -0.15) is 0 Å². The van der Waals surface area contributed by atoms with E-state index in [2.05, 4.69) is 20.2 Å². The van der Waals surface area contributed by atoms with Gasteiger partial charge in [-0.25, -0.2) is 14.4 Å². The van der Waals surface area contributed by atoms with E-state index in [-0.39, 0.29) is 17.5 Å². The molecule has 30 heavy (non-hydrogen) atoms. The third-order valence-corrected chi connectivity index (χ3v) is 6.16. The predicted molar refractivity (Wildman–Crippen MR) is 112 cm³/mol. The lowest BCUT2D eigenvalue weighted by molar-refractivity contribution is 0.0751. The number of halogens is 1. The zero-order valence-electron chi connectivity index (χ0n) is 17.7. The standard InChI is InChI=1S/C22H28FN5O2/c1-15(2)27(3)21(29)17-10-16(23)4-5-18(17)30-19-11-25-14-26-20(19)28-12-22(13-28)6-8-24-9-7-22/h4-5,10-11,14-15,24H,6-9,12-13H2,1-3H3. The van der Waals surface area contributed by atoms with Crippen LogP contribution >= 0.6 is 0 Å². The van der Waals surface area contributed by atoms with Crippen LogP contribution < -0.4 is 15.0 Å². The van der Waals surface area contributed by atoms with Crippen molar-refractivity contribution in [2.24, 2.45) is 5.41 Å². The molecule has 7 nitrogen and oxygen atoms in total. The van der Waals surface area contributed by atoms with E-state index in [0.717, 1.165) is 39.0 Å². The van der Waals surface area contributed by atoms with E-state index in [1.165, 1.54) is 24.5 Å². The number of ether oxygens (including phenoxy) is 1. The van der Waals surface area contributed by atoms with E-state index < -0.39 is 5.82 Å². The first-order valence-corrected chi connectivity index (χ1v) is 10.4. The highest BCUT2D eigenvalue weighted by Crippen LogP contribution is 2.43. The van der Waals surface area contributed by atoms with Crippen molar-refractivity contribution in [3.63, 3.8) is 0 Å². The van der Waals surface area contributed by atoms with Gasteiger partial charge in [0.05, 0.1) is 11.8 Å². The Hall–Kier alpha value is -2.74. The summed E-state index contributed by atoms with van der Waals surface area (Å²) in [6.45, 7) is 7.75. The van der Waals surface area contributed by atoms with E-state index in [0.29, 0.717) is 22.7 Å². The van der Waals surface area contributed by atoms with E-state index in [4.69, 9.17) is 4.74 Å². The molecule has 2 aromatic rings. The maximum absolute atomic E-state index is 13.9. The smallest absolute Gasteiger partial charge is 0.257 e. The third-order valence-electron chi connectivity index (χ3n) is 6.16. The molecule has 0 unspecified atom stereocenters. The first-order valence-electron chi connectivity index (χ1n) is 10.4. The van der Waals surface area contributed by atoms with Crippen molar-refractivity contribution >= 4 is 11.7 Å². The Bertz CT molecular complexity index is 921. The zero-order chi connectivity index (χ0) is 21.3. The summed E-state index contributed by atoms with van der Waals surface area (Å²) in [4.78, 5) is 25.1. The number of hydrogen-bond donors (Lipinski definition) is 1. The van der Waals surface area contributed by atoms with Crippen molar-refractivity contribution in [1.29, 1.82) is 0 Å². The van der Waals surface area contributed by atoms with Crippen molar-refractivity contribution in [3.8, 4) is 11.5 Å². The molecule has 0 radical (unpaired) electrons. The normalized spacial score (nSPS) is 17.7. The highest BCUT2D eigenvalue weighted by atomic mass is 19.1. The molecule has 1 N–H and O–H groups in total. The topological polar surface area (TPSA) is 70.6 Å². The molecule has 0 atom stereocenters. The molecule has 1 aromatic carbocycles. The van der Waals surface area contributed by atoms with Gasteiger partial charge in [-0.1, -0.05) is 0 Å². The lowest BCUT2D eigenvalue weighted by Crippen LogP contribution is -2.60. The maximum Gasteiger partial charge on any atom is 0.257 e. The molecule has 160 valence electrons. The molecule has 1 aromatic heterocycles. The predicted octanol–water partition coefficient (Wildman–Crippen LogP) is 3.08. The average Bonchev–Trinajstić information content (AvgIpc) is 2.73. The number of anilines is 1. The zero-order valence-corrected chi connectivity index (χ0v) is 17.7. The second-order valence-corrected chi connectivity index (χ2v) is 8.57. The van der Waals surface area contributed by atoms with Crippen LogP contribution in [0.2, 0.25) is 0 Å². The van der Waals surface area contributed by atoms with Gasteiger partial charge in [0, 0.05) is 31.6 Å².